The largest absolute Gasteiger partial charge is 0.480 e. The molecule has 1 fully saturated rings. The van der Waals surface area contributed by atoms with Gasteiger partial charge in [-0.15, -0.1) is 0 Å². The molecule has 1 saturated heterocycles. The van der Waals surface area contributed by atoms with Gasteiger partial charge in [-0.3, -0.25) is 19.4 Å². The van der Waals surface area contributed by atoms with Crippen LogP contribution < -0.4 is 32.7 Å². The maximum absolute atomic E-state index is 13.2. The van der Waals surface area contributed by atoms with Gasteiger partial charge in [0.2, 0.25) is 17.7 Å². The fourth-order valence-electron chi connectivity index (χ4n) is 3.89. The van der Waals surface area contributed by atoms with Gasteiger partial charge in [0.1, 0.15) is 18.1 Å². The van der Waals surface area contributed by atoms with E-state index in [4.69, 9.17) is 11.5 Å². The standard InChI is InChI=1S/C23H43N7O5/c1-13(2)11-17(21(33)30-18(22(34)35)12-14(3)4)29-20(32)16(8-6-10-27-23(24)25)28-19(31)15-7-5-9-26-15/h13-18,26H,5-12H2,1-4H3,(H,28,31)(H,29,32)(H,30,33)(H,34,35)(H4,24,25,27). The molecule has 0 spiro atoms. The number of carboxylic acids is 1. The first-order chi connectivity index (χ1) is 16.4. The van der Waals surface area contributed by atoms with Crippen molar-refractivity contribution < 1.29 is 24.3 Å². The summed E-state index contributed by atoms with van der Waals surface area (Å²) in [5, 5.41) is 20.6. The summed E-state index contributed by atoms with van der Waals surface area (Å²) in [6, 6.07) is -3.27. The highest BCUT2D eigenvalue weighted by Gasteiger charge is 2.31. The van der Waals surface area contributed by atoms with Crippen LogP contribution >= 0.6 is 0 Å². The predicted octanol–water partition coefficient (Wildman–Crippen LogP) is -0.577. The van der Waals surface area contributed by atoms with Crippen LogP contribution in [0.5, 0.6) is 0 Å². The molecule has 0 saturated carbocycles. The molecule has 0 radical (unpaired) electrons. The molecule has 4 unspecified atom stereocenters. The van der Waals surface area contributed by atoms with Gasteiger partial charge in [0.05, 0.1) is 6.04 Å². The van der Waals surface area contributed by atoms with Gasteiger partial charge in [-0.05, 0) is 56.9 Å². The summed E-state index contributed by atoms with van der Waals surface area (Å²) in [5.41, 5.74) is 10.7. The molecular weight excluding hydrogens is 454 g/mol. The monoisotopic (exact) mass is 497 g/mol. The van der Waals surface area contributed by atoms with Crippen LogP contribution in [0.2, 0.25) is 0 Å². The van der Waals surface area contributed by atoms with E-state index in [-0.39, 0.29) is 49.1 Å². The molecule has 12 nitrogen and oxygen atoms in total. The Morgan fingerprint density at radius 3 is 2.03 bits per heavy atom. The van der Waals surface area contributed by atoms with Gasteiger partial charge in [0, 0.05) is 6.54 Å². The van der Waals surface area contributed by atoms with Crippen molar-refractivity contribution in [2.75, 3.05) is 13.1 Å². The van der Waals surface area contributed by atoms with Gasteiger partial charge in [0.15, 0.2) is 5.96 Å². The SMILES string of the molecule is CC(C)CC(NC(=O)C(CC(C)C)NC(=O)C(CCCN=C(N)N)NC(=O)C1CCCN1)C(=O)O. The number of carbonyl (C=O) groups excluding carboxylic acids is 3. The number of hydrogen-bond acceptors (Lipinski definition) is 6. The van der Waals surface area contributed by atoms with E-state index in [1.165, 1.54) is 0 Å². The topological polar surface area (TPSA) is 201 Å². The minimum absolute atomic E-state index is 0.0528. The third kappa shape index (κ3) is 11.9. The summed E-state index contributed by atoms with van der Waals surface area (Å²) in [4.78, 5) is 54.3. The average molecular weight is 498 g/mol. The number of aliphatic carboxylic acids is 1. The van der Waals surface area contributed by atoms with Crippen LogP contribution in [0.3, 0.4) is 0 Å². The van der Waals surface area contributed by atoms with E-state index in [0.29, 0.717) is 19.3 Å². The second kappa shape index (κ2) is 15.2. The van der Waals surface area contributed by atoms with Gasteiger partial charge in [-0.25, -0.2) is 4.79 Å². The molecule has 0 aliphatic carbocycles. The molecule has 0 aromatic rings. The number of guanidine groups is 1. The highest BCUT2D eigenvalue weighted by Crippen LogP contribution is 2.11. The van der Waals surface area contributed by atoms with Crippen LogP contribution in [-0.2, 0) is 19.2 Å². The minimum atomic E-state index is -1.13. The van der Waals surface area contributed by atoms with E-state index < -0.39 is 35.9 Å². The quantitative estimate of drug-likeness (QED) is 0.0884. The molecule has 1 heterocycles. The first-order valence-electron chi connectivity index (χ1n) is 12.3. The fourth-order valence-corrected chi connectivity index (χ4v) is 3.89. The summed E-state index contributed by atoms with van der Waals surface area (Å²) in [6.45, 7) is 8.55. The summed E-state index contributed by atoms with van der Waals surface area (Å²) in [7, 11) is 0. The second-order valence-electron chi connectivity index (χ2n) is 9.88. The number of nitrogens with two attached hydrogens (primary N) is 2. The Morgan fingerprint density at radius 1 is 0.943 bits per heavy atom. The Hall–Kier alpha value is -2.89. The Balaban J connectivity index is 2.95. The zero-order valence-electron chi connectivity index (χ0n) is 21.3. The first kappa shape index (κ1) is 30.1. The number of nitrogens with zero attached hydrogens (tertiary/aromatic N) is 1. The average Bonchev–Trinajstić information content (AvgIpc) is 3.28. The zero-order chi connectivity index (χ0) is 26.5. The summed E-state index contributed by atoms with van der Waals surface area (Å²) in [6.07, 6.45) is 2.83. The van der Waals surface area contributed by atoms with Crippen LogP contribution in [0.25, 0.3) is 0 Å². The molecule has 200 valence electrons. The number of carboxylic acid groups (broad SMARTS) is 1. The summed E-state index contributed by atoms with van der Waals surface area (Å²) < 4.78 is 0. The Kier molecular flexibility index (Phi) is 13.1. The van der Waals surface area contributed by atoms with Crippen molar-refractivity contribution in [3.05, 3.63) is 0 Å². The van der Waals surface area contributed by atoms with Crippen LogP contribution in [0.4, 0.5) is 0 Å². The fraction of sp³-hybridized carbons (Fsp3) is 0.783. The molecule has 1 aliphatic heterocycles. The normalized spacial score (nSPS) is 17.9. The lowest BCUT2D eigenvalue weighted by atomic mass is 10.00. The molecule has 9 N–H and O–H groups in total. The van der Waals surface area contributed by atoms with Gasteiger partial charge < -0.3 is 37.8 Å². The van der Waals surface area contributed by atoms with Gasteiger partial charge in [-0.1, -0.05) is 27.7 Å². The predicted molar refractivity (Wildman–Crippen MR) is 133 cm³/mol. The van der Waals surface area contributed by atoms with Crippen molar-refractivity contribution in [3.63, 3.8) is 0 Å². The highest BCUT2D eigenvalue weighted by atomic mass is 16.4. The number of aliphatic imine (C=N–C) groups is 1. The first-order valence-corrected chi connectivity index (χ1v) is 12.3. The van der Waals surface area contributed by atoms with E-state index in [1.54, 1.807) is 0 Å². The van der Waals surface area contributed by atoms with E-state index in [9.17, 15) is 24.3 Å². The lowest BCUT2D eigenvalue weighted by molar-refractivity contribution is -0.143. The number of amides is 3. The Morgan fingerprint density at radius 2 is 1.51 bits per heavy atom. The molecule has 1 rings (SSSR count). The molecule has 0 aromatic heterocycles. The molecule has 0 bridgehead atoms. The second-order valence-corrected chi connectivity index (χ2v) is 9.88. The summed E-state index contributed by atoms with van der Waals surface area (Å²) in [5.74, 6) is -2.44. The van der Waals surface area contributed by atoms with E-state index in [0.717, 1.165) is 13.0 Å². The maximum Gasteiger partial charge on any atom is 0.326 e. The third-order valence-corrected chi connectivity index (χ3v) is 5.62. The van der Waals surface area contributed by atoms with Crippen molar-refractivity contribution >= 4 is 29.7 Å². The lowest BCUT2D eigenvalue weighted by Crippen LogP contribution is -2.57. The zero-order valence-corrected chi connectivity index (χ0v) is 21.3. The molecule has 1 aliphatic rings. The van der Waals surface area contributed by atoms with Gasteiger partial charge in [0.25, 0.3) is 0 Å². The van der Waals surface area contributed by atoms with Gasteiger partial charge in [-0.2, -0.15) is 0 Å². The molecule has 12 heteroatoms. The number of rotatable bonds is 15. The van der Waals surface area contributed by atoms with Crippen molar-refractivity contribution in [1.29, 1.82) is 0 Å². The van der Waals surface area contributed by atoms with Gasteiger partial charge >= 0.3 is 5.97 Å². The number of nitrogens with one attached hydrogen (secondary N) is 4. The van der Waals surface area contributed by atoms with Crippen molar-refractivity contribution in [1.82, 2.24) is 21.3 Å². The maximum atomic E-state index is 13.2. The lowest BCUT2D eigenvalue weighted by Gasteiger charge is -2.26. The molecule has 35 heavy (non-hydrogen) atoms. The van der Waals surface area contributed by atoms with Crippen LogP contribution in [0.15, 0.2) is 4.99 Å². The number of carbonyl (C=O) groups is 4. The van der Waals surface area contributed by atoms with Crippen molar-refractivity contribution in [2.45, 2.75) is 90.4 Å². The van der Waals surface area contributed by atoms with Crippen molar-refractivity contribution in [3.8, 4) is 0 Å². The molecular formula is C23H43N7O5. The summed E-state index contributed by atoms with van der Waals surface area (Å²) >= 11 is 0. The van der Waals surface area contributed by atoms with Crippen molar-refractivity contribution in [2.24, 2.45) is 28.3 Å². The van der Waals surface area contributed by atoms with E-state index >= 15 is 0 Å². The third-order valence-electron chi connectivity index (χ3n) is 5.62. The van der Waals surface area contributed by atoms with Crippen LogP contribution in [0, 0.1) is 11.8 Å². The van der Waals surface area contributed by atoms with E-state index in [2.05, 4.69) is 26.3 Å². The van der Waals surface area contributed by atoms with Crippen LogP contribution in [-0.4, -0.2) is 72.0 Å². The Bertz CT molecular complexity index is 747. The highest BCUT2D eigenvalue weighted by molar-refractivity contribution is 5.94. The number of hydrogen-bond donors (Lipinski definition) is 7. The van der Waals surface area contributed by atoms with Crippen LogP contribution in [0.1, 0.15) is 66.2 Å². The van der Waals surface area contributed by atoms with E-state index in [1.807, 2.05) is 27.7 Å². The molecule has 0 aromatic carbocycles. The smallest absolute Gasteiger partial charge is 0.326 e. The minimum Gasteiger partial charge on any atom is -0.480 e. The molecule has 4 atom stereocenters. The molecule has 3 amide bonds. The Labute approximate surface area is 207 Å².